The highest BCUT2D eigenvalue weighted by atomic mass is 16.1. The molecule has 0 aliphatic carbocycles. The van der Waals surface area contributed by atoms with E-state index in [9.17, 15) is 4.79 Å². The Hall–Kier alpha value is -1.56. The molecule has 0 aromatic carbocycles. The summed E-state index contributed by atoms with van der Waals surface area (Å²) < 4.78 is 1.52. The average Bonchev–Trinajstić information content (AvgIpc) is 2.24. The first-order valence-electron chi connectivity index (χ1n) is 5.76. The fourth-order valence-corrected chi connectivity index (χ4v) is 2.05. The lowest BCUT2D eigenvalue weighted by Crippen LogP contribution is -2.49. The highest BCUT2D eigenvalue weighted by Gasteiger charge is 2.27. The number of nitrogen functional groups attached to an aromatic ring is 1. The van der Waals surface area contributed by atoms with E-state index < -0.39 is 0 Å². The van der Waals surface area contributed by atoms with Crippen LogP contribution in [-0.2, 0) is 7.05 Å². The van der Waals surface area contributed by atoms with Gasteiger partial charge in [-0.25, -0.2) is 0 Å². The predicted octanol–water partition coefficient (Wildman–Crippen LogP) is -0.320. The van der Waals surface area contributed by atoms with Crippen LogP contribution in [0.25, 0.3) is 0 Å². The fourth-order valence-electron chi connectivity index (χ4n) is 2.05. The summed E-state index contributed by atoms with van der Waals surface area (Å²) in [5, 5.41) is 0. The van der Waals surface area contributed by atoms with Crippen LogP contribution in [0.15, 0.2) is 10.9 Å². The summed E-state index contributed by atoms with van der Waals surface area (Å²) in [5.41, 5.74) is 11.4. The molecule has 0 amide bonds. The summed E-state index contributed by atoms with van der Waals surface area (Å²) in [6, 6.07) is 1.33. The first kappa shape index (κ1) is 11.9. The lowest BCUT2D eigenvalue weighted by Gasteiger charge is -2.37. The molecule has 0 radical (unpaired) electrons. The van der Waals surface area contributed by atoms with Gasteiger partial charge in [0.1, 0.15) is 5.82 Å². The third kappa shape index (κ3) is 2.41. The quantitative estimate of drug-likeness (QED) is 0.698. The summed E-state index contributed by atoms with van der Waals surface area (Å²) in [7, 11) is 1.71. The molecule has 1 aliphatic rings. The Bertz CT molecular complexity index is 469. The molecule has 1 fully saturated rings. The summed E-state index contributed by atoms with van der Waals surface area (Å²) in [4.78, 5) is 17.9. The second-order valence-corrected chi connectivity index (χ2v) is 5.02. The normalized spacial score (nSPS) is 19.4. The number of nitrogens with two attached hydrogens (primary N) is 2. The first-order chi connectivity index (χ1) is 7.89. The first-order valence-corrected chi connectivity index (χ1v) is 5.76. The van der Waals surface area contributed by atoms with E-state index in [0.29, 0.717) is 5.95 Å². The predicted molar refractivity (Wildman–Crippen MR) is 67.9 cm³/mol. The van der Waals surface area contributed by atoms with Gasteiger partial charge in [-0.15, -0.1) is 0 Å². The van der Waals surface area contributed by atoms with Crippen LogP contribution < -0.4 is 21.9 Å². The largest absolute Gasteiger partial charge is 0.383 e. The van der Waals surface area contributed by atoms with Crippen molar-refractivity contribution in [1.82, 2.24) is 9.55 Å². The van der Waals surface area contributed by atoms with Gasteiger partial charge in [-0.2, -0.15) is 4.98 Å². The van der Waals surface area contributed by atoms with Gasteiger partial charge in [-0.05, 0) is 19.8 Å². The molecule has 0 atom stereocenters. The van der Waals surface area contributed by atoms with Gasteiger partial charge in [0, 0.05) is 31.7 Å². The van der Waals surface area contributed by atoms with Crippen LogP contribution >= 0.6 is 0 Å². The maximum atomic E-state index is 11.6. The van der Waals surface area contributed by atoms with Crippen molar-refractivity contribution in [1.29, 1.82) is 0 Å². The zero-order valence-corrected chi connectivity index (χ0v) is 10.3. The lowest BCUT2D eigenvalue weighted by molar-refractivity contribution is 0.360. The molecular formula is C11H19N5O. The minimum atomic E-state index is -0.131. The molecule has 1 saturated heterocycles. The zero-order chi connectivity index (χ0) is 12.6. The molecule has 0 unspecified atom stereocenters. The van der Waals surface area contributed by atoms with Gasteiger partial charge in [-0.1, -0.05) is 0 Å². The Kier molecular flexibility index (Phi) is 2.82. The van der Waals surface area contributed by atoms with E-state index in [-0.39, 0.29) is 16.9 Å². The van der Waals surface area contributed by atoms with E-state index in [0.717, 1.165) is 25.9 Å². The minimum absolute atomic E-state index is 0.115. The topological polar surface area (TPSA) is 90.2 Å². The number of rotatable bonds is 1. The van der Waals surface area contributed by atoms with Crippen LogP contribution in [0.4, 0.5) is 11.8 Å². The number of hydrogen-bond acceptors (Lipinski definition) is 5. The molecule has 6 nitrogen and oxygen atoms in total. The second-order valence-electron chi connectivity index (χ2n) is 5.02. The molecule has 2 heterocycles. The van der Waals surface area contributed by atoms with Crippen molar-refractivity contribution in [2.24, 2.45) is 12.8 Å². The zero-order valence-electron chi connectivity index (χ0n) is 10.3. The third-order valence-electron chi connectivity index (χ3n) is 3.32. The van der Waals surface area contributed by atoms with Crippen LogP contribution in [0.2, 0.25) is 0 Å². The Morgan fingerprint density at radius 2 is 2.00 bits per heavy atom. The fraction of sp³-hybridized carbons (Fsp3) is 0.636. The second kappa shape index (κ2) is 4.03. The SMILES string of the molecule is Cn1c(N2CCC(C)(N)CC2)nc(N)cc1=O. The number of aromatic nitrogens is 2. The number of piperidine rings is 1. The van der Waals surface area contributed by atoms with Crippen LogP contribution in [-0.4, -0.2) is 28.2 Å². The molecule has 94 valence electrons. The van der Waals surface area contributed by atoms with E-state index in [4.69, 9.17) is 11.5 Å². The minimum Gasteiger partial charge on any atom is -0.383 e. The van der Waals surface area contributed by atoms with Gasteiger partial charge in [0.25, 0.3) is 5.56 Å². The Morgan fingerprint density at radius 3 is 2.59 bits per heavy atom. The average molecular weight is 237 g/mol. The highest BCUT2D eigenvalue weighted by molar-refractivity contribution is 5.39. The maximum Gasteiger partial charge on any atom is 0.256 e. The van der Waals surface area contributed by atoms with E-state index in [1.54, 1.807) is 7.05 Å². The lowest BCUT2D eigenvalue weighted by atomic mass is 9.91. The molecule has 1 aliphatic heterocycles. The Morgan fingerprint density at radius 1 is 1.41 bits per heavy atom. The highest BCUT2D eigenvalue weighted by Crippen LogP contribution is 2.22. The summed E-state index contributed by atoms with van der Waals surface area (Å²) in [6.45, 7) is 3.66. The smallest absolute Gasteiger partial charge is 0.256 e. The van der Waals surface area contributed by atoms with Crippen molar-refractivity contribution in [2.75, 3.05) is 23.7 Å². The van der Waals surface area contributed by atoms with Crippen molar-refractivity contribution in [2.45, 2.75) is 25.3 Å². The molecular weight excluding hydrogens is 218 g/mol. The van der Waals surface area contributed by atoms with E-state index in [2.05, 4.69) is 16.8 Å². The number of nitrogens with zero attached hydrogens (tertiary/aromatic N) is 3. The number of anilines is 2. The van der Waals surface area contributed by atoms with Crippen molar-refractivity contribution in [3.63, 3.8) is 0 Å². The van der Waals surface area contributed by atoms with Gasteiger partial charge in [0.05, 0.1) is 0 Å². The van der Waals surface area contributed by atoms with Gasteiger partial charge in [-0.3, -0.25) is 9.36 Å². The van der Waals surface area contributed by atoms with Crippen molar-refractivity contribution < 1.29 is 0 Å². The molecule has 0 bridgehead atoms. The van der Waals surface area contributed by atoms with Gasteiger partial charge in [0.15, 0.2) is 0 Å². The molecule has 1 aromatic rings. The van der Waals surface area contributed by atoms with Gasteiger partial charge in [0.2, 0.25) is 5.95 Å². The standard InChI is InChI=1S/C11H19N5O/c1-11(13)3-5-16(6-4-11)10-14-8(12)7-9(17)15(10)2/h7H,3-6,12-13H2,1-2H3. The van der Waals surface area contributed by atoms with E-state index in [1.165, 1.54) is 10.6 Å². The molecule has 0 spiro atoms. The monoisotopic (exact) mass is 237 g/mol. The Labute approximate surface area is 100 Å². The summed E-state index contributed by atoms with van der Waals surface area (Å²) >= 11 is 0. The van der Waals surface area contributed by atoms with Crippen LogP contribution in [0.5, 0.6) is 0 Å². The maximum absolute atomic E-state index is 11.6. The third-order valence-corrected chi connectivity index (χ3v) is 3.32. The Balaban J connectivity index is 2.27. The summed E-state index contributed by atoms with van der Waals surface area (Å²) in [5.74, 6) is 0.898. The van der Waals surface area contributed by atoms with Gasteiger partial charge >= 0.3 is 0 Å². The molecule has 0 saturated carbocycles. The summed E-state index contributed by atoms with van der Waals surface area (Å²) in [6.07, 6.45) is 1.77. The van der Waals surface area contributed by atoms with E-state index in [1.807, 2.05) is 0 Å². The molecule has 6 heteroatoms. The molecule has 4 N–H and O–H groups in total. The molecule has 1 aromatic heterocycles. The number of hydrogen-bond donors (Lipinski definition) is 2. The van der Waals surface area contributed by atoms with Crippen LogP contribution in [0.3, 0.4) is 0 Å². The van der Waals surface area contributed by atoms with Crippen LogP contribution in [0, 0.1) is 0 Å². The van der Waals surface area contributed by atoms with Crippen molar-refractivity contribution in [3.05, 3.63) is 16.4 Å². The van der Waals surface area contributed by atoms with Gasteiger partial charge < -0.3 is 16.4 Å². The van der Waals surface area contributed by atoms with Crippen molar-refractivity contribution in [3.8, 4) is 0 Å². The van der Waals surface area contributed by atoms with Crippen LogP contribution in [0.1, 0.15) is 19.8 Å². The molecule has 17 heavy (non-hydrogen) atoms. The van der Waals surface area contributed by atoms with Crippen molar-refractivity contribution >= 4 is 11.8 Å². The van der Waals surface area contributed by atoms with E-state index >= 15 is 0 Å². The molecule has 2 rings (SSSR count).